The summed E-state index contributed by atoms with van der Waals surface area (Å²) in [6.45, 7) is 3.78. The molecule has 1 amide bonds. The van der Waals surface area contributed by atoms with Gasteiger partial charge in [-0.25, -0.2) is 4.68 Å². The van der Waals surface area contributed by atoms with E-state index in [0.29, 0.717) is 23.8 Å². The summed E-state index contributed by atoms with van der Waals surface area (Å²) < 4.78 is 7.52. The molecule has 1 aromatic carbocycles. The van der Waals surface area contributed by atoms with Crippen molar-refractivity contribution in [2.24, 2.45) is 18.9 Å². The number of para-hydroxylation sites is 1. The highest BCUT2D eigenvalue weighted by atomic mass is 16.3. The third kappa shape index (κ3) is 3.35. The van der Waals surface area contributed by atoms with Crippen LogP contribution in [0.4, 0.5) is 5.95 Å². The molecule has 0 unspecified atom stereocenters. The van der Waals surface area contributed by atoms with Crippen molar-refractivity contribution in [2.75, 3.05) is 18.0 Å². The van der Waals surface area contributed by atoms with Crippen LogP contribution in [-0.2, 0) is 13.5 Å². The van der Waals surface area contributed by atoms with Crippen LogP contribution in [0.15, 0.2) is 34.7 Å². The zero-order valence-electron chi connectivity index (χ0n) is 17.3. The van der Waals surface area contributed by atoms with Gasteiger partial charge in [0.05, 0.1) is 12.1 Å². The van der Waals surface area contributed by atoms with Crippen LogP contribution in [0.5, 0.6) is 0 Å². The van der Waals surface area contributed by atoms with Gasteiger partial charge in [0.15, 0.2) is 11.6 Å². The van der Waals surface area contributed by atoms with Crippen LogP contribution >= 0.6 is 0 Å². The molecule has 8 heteroatoms. The number of hydrogen-bond acceptors (Lipinski definition) is 6. The van der Waals surface area contributed by atoms with Gasteiger partial charge in [-0.2, -0.15) is 10.1 Å². The number of benzene rings is 1. The molecule has 8 nitrogen and oxygen atoms in total. The number of fused-ring (bicyclic) bond motifs is 2. The first kappa shape index (κ1) is 19.1. The fourth-order valence-electron chi connectivity index (χ4n) is 4.94. The largest absolute Gasteiger partial charge is 0.451 e. The average Bonchev–Trinajstić information content (AvgIpc) is 3.43. The molecule has 1 aliphatic heterocycles. The second-order valence-electron chi connectivity index (χ2n) is 8.50. The highest BCUT2D eigenvalue weighted by Gasteiger charge is 2.43. The third-order valence-electron chi connectivity index (χ3n) is 6.49. The molecule has 2 fully saturated rings. The zero-order chi connectivity index (χ0) is 20.8. The summed E-state index contributed by atoms with van der Waals surface area (Å²) in [6, 6.07) is 9.02. The number of furan rings is 1. The summed E-state index contributed by atoms with van der Waals surface area (Å²) in [5.41, 5.74) is 0.688. The Morgan fingerprint density at radius 1 is 1.27 bits per heavy atom. The number of aryl methyl sites for hydroxylation is 2. The van der Waals surface area contributed by atoms with Crippen molar-refractivity contribution in [3.63, 3.8) is 0 Å². The molecule has 1 saturated carbocycles. The van der Waals surface area contributed by atoms with Gasteiger partial charge in [-0.1, -0.05) is 25.1 Å². The van der Waals surface area contributed by atoms with E-state index < -0.39 is 6.10 Å². The maximum atomic E-state index is 12.7. The number of nitrogens with one attached hydrogen (secondary N) is 1. The predicted octanol–water partition coefficient (Wildman–Crippen LogP) is 2.13. The van der Waals surface area contributed by atoms with Crippen molar-refractivity contribution in [1.29, 1.82) is 0 Å². The Labute approximate surface area is 174 Å². The number of hydrogen-bond donors (Lipinski definition) is 2. The van der Waals surface area contributed by atoms with Crippen molar-refractivity contribution >= 4 is 22.8 Å². The number of rotatable bonds is 4. The number of aliphatic hydroxyl groups excluding tert-OH is 1. The third-order valence-corrected chi connectivity index (χ3v) is 6.49. The summed E-state index contributed by atoms with van der Waals surface area (Å²) in [5, 5.41) is 19.1. The Bertz CT molecular complexity index is 1040. The van der Waals surface area contributed by atoms with Gasteiger partial charge < -0.3 is 19.7 Å². The SMILES string of the molecule is CCc1nc(N2C[C@H]3C[C@H](O)[C@@H](NC(=O)c4cc5ccccc5o4)C[C@H]3C2)n(C)n1. The van der Waals surface area contributed by atoms with Gasteiger partial charge in [0.2, 0.25) is 5.95 Å². The molecule has 2 aromatic heterocycles. The number of carbonyl (C=O) groups is 1. The number of aromatic nitrogens is 3. The number of nitrogens with zero attached hydrogens (tertiary/aromatic N) is 4. The molecule has 2 aliphatic rings. The van der Waals surface area contributed by atoms with Crippen molar-refractivity contribution in [3.8, 4) is 0 Å². The van der Waals surface area contributed by atoms with Crippen molar-refractivity contribution < 1.29 is 14.3 Å². The monoisotopic (exact) mass is 409 g/mol. The van der Waals surface area contributed by atoms with Crippen LogP contribution in [0.1, 0.15) is 36.1 Å². The quantitative estimate of drug-likeness (QED) is 0.685. The van der Waals surface area contributed by atoms with Crippen molar-refractivity contribution in [3.05, 3.63) is 41.9 Å². The lowest BCUT2D eigenvalue weighted by Crippen LogP contribution is -2.49. The van der Waals surface area contributed by atoms with Gasteiger partial charge in [-0.05, 0) is 36.8 Å². The molecule has 1 aliphatic carbocycles. The minimum Gasteiger partial charge on any atom is -0.451 e. The average molecular weight is 409 g/mol. The van der Waals surface area contributed by atoms with Gasteiger partial charge >= 0.3 is 0 Å². The van der Waals surface area contributed by atoms with E-state index in [9.17, 15) is 9.90 Å². The molecule has 5 rings (SSSR count). The molecule has 0 bridgehead atoms. The summed E-state index contributed by atoms with van der Waals surface area (Å²) in [5.74, 6) is 2.53. The number of anilines is 1. The first-order chi connectivity index (χ1) is 14.5. The lowest BCUT2D eigenvalue weighted by atomic mass is 9.77. The minimum absolute atomic E-state index is 0.274. The Morgan fingerprint density at radius 2 is 2.03 bits per heavy atom. The summed E-state index contributed by atoms with van der Waals surface area (Å²) in [4.78, 5) is 19.6. The summed E-state index contributed by atoms with van der Waals surface area (Å²) in [6.07, 6.45) is 1.66. The molecule has 1 saturated heterocycles. The van der Waals surface area contributed by atoms with Crippen LogP contribution in [0.3, 0.4) is 0 Å². The van der Waals surface area contributed by atoms with E-state index in [4.69, 9.17) is 4.42 Å². The lowest BCUT2D eigenvalue weighted by Gasteiger charge is -2.35. The van der Waals surface area contributed by atoms with Gasteiger partial charge in [-0.3, -0.25) is 4.79 Å². The number of amides is 1. The first-order valence-electron chi connectivity index (χ1n) is 10.6. The zero-order valence-corrected chi connectivity index (χ0v) is 17.3. The molecule has 3 aromatic rings. The van der Waals surface area contributed by atoms with Gasteiger partial charge in [0, 0.05) is 31.9 Å². The van der Waals surface area contributed by atoms with Crippen LogP contribution in [0.2, 0.25) is 0 Å². The predicted molar refractivity (Wildman–Crippen MR) is 112 cm³/mol. The molecule has 158 valence electrons. The molecule has 30 heavy (non-hydrogen) atoms. The van der Waals surface area contributed by atoms with E-state index in [1.165, 1.54) is 0 Å². The Kier molecular flexibility index (Phi) is 4.73. The van der Waals surface area contributed by atoms with Gasteiger partial charge in [0.25, 0.3) is 5.91 Å². The Hall–Kier alpha value is -2.87. The molecular formula is C22H27N5O3. The molecule has 0 spiro atoms. The molecular weight excluding hydrogens is 382 g/mol. The topological polar surface area (TPSA) is 96.4 Å². The van der Waals surface area contributed by atoms with E-state index in [0.717, 1.165) is 43.1 Å². The normalized spacial score (nSPS) is 26.2. The van der Waals surface area contributed by atoms with E-state index in [-0.39, 0.29) is 17.7 Å². The molecule has 2 N–H and O–H groups in total. The number of aliphatic hydroxyl groups is 1. The van der Waals surface area contributed by atoms with Gasteiger partial charge in [-0.15, -0.1) is 0 Å². The lowest BCUT2D eigenvalue weighted by molar-refractivity contribution is 0.0453. The second kappa shape index (κ2) is 7.43. The Balaban J connectivity index is 1.27. The summed E-state index contributed by atoms with van der Waals surface area (Å²) >= 11 is 0. The van der Waals surface area contributed by atoms with Crippen molar-refractivity contribution in [1.82, 2.24) is 20.1 Å². The van der Waals surface area contributed by atoms with Crippen LogP contribution < -0.4 is 10.2 Å². The minimum atomic E-state index is -0.565. The van der Waals surface area contributed by atoms with E-state index in [1.807, 2.05) is 36.0 Å². The maximum absolute atomic E-state index is 12.7. The standard InChI is InChI=1S/C22H27N5O3/c1-3-20-24-22(26(2)25-20)27-11-14-8-16(17(28)9-15(14)12-27)23-21(29)19-10-13-6-4-5-7-18(13)30-19/h4-7,10,14-17,28H,3,8-9,11-12H2,1-2H3,(H,23,29)/t14-,15+,16-,17-/m0/s1. The highest BCUT2D eigenvalue weighted by molar-refractivity contribution is 5.96. The molecule has 0 radical (unpaired) electrons. The van der Waals surface area contributed by atoms with E-state index in [1.54, 1.807) is 6.07 Å². The van der Waals surface area contributed by atoms with Crippen molar-refractivity contribution in [2.45, 2.75) is 38.3 Å². The fourth-order valence-corrected chi connectivity index (χ4v) is 4.94. The summed E-state index contributed by atoms with van der Waals surface area (Å²) in [7, 11) is 1.93. The molecule has 4 atom stereocenters. The first-order valence-corrected chi connectivity index (χ1v) is 10.6. The van der Waals surface area contributed by atoms with Gasteiger partial charge in [0.1, 0.15) is 5.58 Å². The fraction of sp³-hybridized carbons (Fsp3) is 0.500. The highest BCUT2D eigenvalue weighted by Crippen LogP contribution is 2.38. The van der Waals surface area contributed by atoms with Crippen LogP contribution in [-0.4, -0.2) is 51.0 Å². The van der Waals surface area contributed by atoms with Crippen LogP contribution in [0.25, 0.3) is 11.0 Å². The number of carbonyl (C=O) groups excluding carboxylic acids is 1. The maximum Gasteiger partial charge on any atom is 0.287 e. The van der Waals surface area contributed by atoms with E-state index >= 15 is 0 Å². The second-order valence-corrected chi connectivity index (χ2v) is 8.50. The smallest absolute Gasteiger partial charge is 0.287 e. The molecule has 3 heterocycles. The van der Waals surface area contributed by atoms with E-state index in [2.05, 4.69) is 27.2 Å². The Morgan fingerprint density at radius 3 is 2.77 bits per heavy atom. The van der Waals surface area contributed by atoms with Crippen LogP contribution in [0, 0.1) is 11.8 Å².